The van der Waals surface area contributed by atoms with Crippen LogP contribution < -0.4 is 11.1 Å². The number of nitrogens with two attached hydrogens (primary N) is 1. The Bertz CT molecular complexity index is 358. The van der Waals surface area contributed by atoms with Crippen molar-refractivity contribution in [2.75, 3.05) is 17.6 Å². The molecule has 0 saturated heterocycles. The van der Waals surface area contributed by atoms with Crippen LogP contribution in [-0.4, -0.2) is 27.5 Å². The summed E-state index contributed by atoms with van der Waals surface area (Å²) >= 11 is 0. The van der Waals surface area contributed by atoms with Crippen LogP contribution >= 0.6 is 0 Å². The van der Waals surface area contributed by atoms with Crippen molar-refractivity contribution in [1.29, 1.82) is 0 Å². The Hall–Kier alpha value is -1.23. The Balaban J connectivity index is 2.63. The molecule has 98 valence electrons. The van der Waals surface area contributed by atoms with Gasteiger partial charge in [-0.25, -0.2) is 4.68 Å². The second-order valence-corrected chi connectivity index (χ2v) is 4.80. The van der Waals surface area contributed by atoms with Gasteiger partial charge in [0.05, 0.1) is 17.5 Å². The summed E-state index contributed by atoms with van der Waals surface area (Å²) in [4.78, 5) is 0. The number of aryl methyl sites for hydroxylation is 1. The zero-order valence-electron chi connectivity index (χ0n) is 11.2. The lowest BCUT2D eigenvalue weighted by molar-refractivity contribution is 0.183. The fourth-order valence-corrected chi connectivity index (χ4v) is 1.71. The molecule has 0 spiro atoms. The molecule has 0 aromatic carbocycles. The molecule has 1 aromatic heterocycles. The number of nitrogen functional groups attached to an aromatic ring is 1. The van der Waals surface area contributed by atoms with Crippen molar-refractivity contribution in [3.05, 3.63) is 5.69 Å². The van der Waals surface area contributed by atoms with Gasteiger partial charge in [-0.2, -0.15) is 5.10 Å². The van der Waals surface area contributed by atoms with Crippen LogP contribution in [0.4, 0.5) is 11.5 Å². The van der Waals surface area contributed by atoms with Gasteiger partial charge in [-0.3, -0.25) is 0 Å². The van der Waals surface area contributed by atoms with Gasteiger partial charge in [0.2, 0.25) is 0 Å². The first-order valence-corrected chi connectivity index (χ1v) is 6.20. The molecular formula is C12H24N4O. The monoisotopic (exact) mass is 240 g/mol. The van der Waals surface area contributed by atoms with E-state index in [0.717, 1.165) is 36.6 Å². The molecule has 17 heavy (non-hydrogen) atoms. The molecule has 0 bridgehead atoms. The largest absolute Gasteiger partial charge is 0.394 e. The van der Waals surface area contributed by atoms with Crippen LogP contribution in [0.2, 0.25) is 0 Å². The molecule has 5 nitrogen and oxygen atoms in total. The number of nitrogens with one attached hydrogen (secondary N) is 1. The van der Waals surface area contributed by atoms with Gasteiger partial charge in [-0.05, 0) is 40.5 Å². The minimum absolute atomic E-state index is 0.245. The maximum atomic E-state index is 9.18. The molecule has 1 rings (SSSR count). The summed E-state index contributed by atoms with van der Waals surface area (Å²) in [6.07, 6.45) is 1.46. The van der Waals surface area contributed by atoms with Crippen LogP contribution in [0.15, 0.2) is 0 Å². The smallest absolute Gasteiger partial charge is 0.148 e. The molecular weight excluding hydrogens is 216 g/mol. The molecule has 0 saturated carbocycles. The van der Waals surface area contributed by atoms with Crippen molar-refractivity contribution >= 4 is 11.5 Å². The molecule has 0 amide bonds. The molecule has 0 radical (unpaired) electrons. The van der Waals surface area contributed by atoms with Crippen molar-refractivity contribution < 1.29 is 5.11 Å². The van der Waals surface area contributed by atoms with Crippen molar-refractivity contribution in [2.24, 2.45) is 0 Å². The summed E-state index contributed by atoms with van der Waals surface area (Å²) in [5, 5.41) is 16.9. The lowest BCUT2D eigenvalue weighted by Crippen LogP contribution is -2.13. The first kappa shape index (κ1) is 13.8. The molecule has 1 heterocycles. The van der Waals surface area contributed by atoms with Gasteiger partial charge in [0.15, 0.2) is 0 Å². The predicted octanol–water partition coefficient (Wildman–Crippen LogP) is 1.93. The molecule has 4 N–H and O–H groups in total. The number of hydrogen-bond donors (Lipinski definition) is 3. The predicted molar refractivity (Wildman–Crippen MR) is 71.2 cm³/mol. The van der Waals surface area contributed by atoms with E-state index in [-0.39, 0.29) is 12.1 Å². The van der Waals surface area contributed by atoms with E-state index in [1.807, 2.05) is 11.6 Å². The van der Waals surface area contributed by atoms with Gasteiger partial charge < -0.3 is 16.2 Å². The topological polar surface area (TPSA) is 76.1 Å². The highest BCUT2D eigenvalue weighted by atomic mass is 16.3. The molecule has 0 aliphatic rings. The average Bonchev–Trinajstić information content (AvgIpc) is 2.51. The van der Waals surface area contributed by atoms with Crippen LogP contribution in [0.5, 0.6) is 0 Å². The molecule has 5 heteroatoms. The van der Waals surface area contributed by atoms with Gasteiger partial charge in [0.1, 0.15) is 5.82 Å². The van der Waals surface area contributed by atoms with Gasteiger partial charge in [0, 0.05) is 12.6 Å². The quantitative estimate of drug-likeness (QED) is 0.664. The number of rotatable bonds is 6. The number of aliphatic hydroxyl groups is 1. The highest BCUT2D eigenvalue weighted by Gasteiger charge is 2.13. The fourth-order valence-electron chi connectivity index (χ4n) is 1.71. The Morgan fingerprint density at radius 2 is 2.06 bits per heavy atom. The second kappa shape index (κ2) is 5.91. The van der Waals surface area contributed by atoms with Crippen LogP contribution in [0.25, 0.3) is 0 Å². The summed E-state index contributed by atoms with van der Waals surface area (Å²) in [5.74, 6) is 0.892. The number of aliphatic hydroxyl groups excluding tert-OH is 1. The van der Waals surface area contributed by atoms with Gasteiger partial charge >= 0.3 is 0 Å². The molecule has 0 aliphatic heterocycles. The molecule has 0 fully saturated rings. The molecule has 1 unspecified atom stereocenters. The van der Waals surface area contributed by atoms with E-state index in [1.165, 1.54) is 0 Å². The van der Waals surface area contributed by atoms with E-state index in [2.05, 4.69) is 24.3 Å². The third kappa shape index (κ3) is 3.63. The normalized spacial score (nSPS) is 13.1. The van der Waals surface area contributed by atoms with Crippen LogP contribution in [0, 0.1) is 6.92 Å². The van der Waals surface area contributed by atoms with Crippen LogP contribution in [-0.2, 0) is 0 Å². The van der Waals surface area contributed by atoms with Crippen molar-refractivity contribution in [2.45, 2.75) is 52.7 Å². The minimum atomic E-state index is -0.245. The van der Waals surface area contributed by atoms with Crippen molar-refractivity contribution in [1.82, 2.24) is 9.78 Å². The molecule has 1 atom stereocenters. The highest BCUT2D eigenvalue weighted by molar-refractivity contribution is 5.64. The van der Waals surface area contributed by atoms with E-state index in [4.69, 9.17) is 5.73 Å². The van der Waals surface area contributed by atoms with Crippen LogP contribution in [0.1, 0.15) is 45.3 Å². The summed E-state index contributed by atoms with van der Waals surface area (Å²) in [5.41, 5.74) is 7.56. The van der Waals surface area contributed by atoms with E-state index in [1.54, 1.807) is 6.92 Å². The molecule has 0 aliphatic carbocycles. The van der Waals surface area contributed by atoms with Crippen molar-refractivity contribution in [3.63, 3.8) is 0 Å². The zero-order valence-corrected chi connectivity index (χ0v) is 11.2. The first-order valence-electron chi connectivity index (χ1n) is 6.20. The average molecular weight is 240 g/mol. The summed E-state index contributed by atoms with van der Waals surface area (Å²) in [6.45, 7) is 8.67. The Labute approximate surface area is 103 Å². The first-order chi connectivity index (χ1) is 7.93. The highest BCUT2D eigenvalue weighted by Crippen LogP contribution is 2.25. The third-order valence-corrected chi connectivity index (χ3v) is 2.71. The second-order valence-electron chi connectivity index (χ2n) is 4.80. The zero-order chi connectivity index (χ0) is 13.0. The van der Waals surface area contributed by atoms with Gasteiger partial charge in [0.25, 0.3) is 0 Å². The summed E-state index contributed by atoms with van der Waals surface area (Å²) < 4.78 is 1.91. The van der Waals surface area contributed by atoms with E-state index >= 15 is 0 Å². The summed E-state index contributed by atoms with van der Waals surface area (Å²) in [6, 6.07) is 0.283. The van der Waals surface area contributed by atoms with Gasteiger partial charge in [-0.1, -0.05) is 0 Å². The lowest BCUT2D eigenvalue weighted by atomic mass is 10.2. The van der Waals surface area contributed by atoms with E-state index < -0.39 is 0 Å². The Kier molecular flexibility index (Phi) is 4.81. The number of hydrogen-bond acceptors (Lipinski definition) is 4. The fraction of sp³-hybridized carbons (Fsp3) is 0.750. The standard InChI is InChI=1S/C12H24N4O/c1-8(2)16-12(11(13)10(4)15-16)14-7-5-6-9(3)17/h8-9,14,17H,5-7,13H2,1-4H3. The van der Waals surface area contributed by atoms with E-state index in [0.29, 0.717) is 0 Å². The van der Waals surface area contributed by atoms with E-state index in [9.17, 15) is 5.11 Å². The number of aromatic nitrogens is 2. The van der Waals surface area contributed by atoms with Crippen LogP contribution in [0.3, 0.4) is 0 Å². The number of anilines is 2. The summed E-state index contributed by atoms with van der Waals surface area (Å²) in [7, 11) is 0. The SMILES string of the molecule is Cc1nn(C(C)C)c(NCCCC(C)O)c1N. The molecule has 1 aromatic rings. The maximum Gasteiger partial charge on any atom is 0.148 e. The van der Waals surface area contributed by atoms with Gasteiger partial charge in [-0.15, -0.1) is 0 Å². The maximum absolute atomic E-state index is 9.18. The Morgan fingerprint density at radius 1 is 1.41 bits per heavy atom. The van der Waals surface area contributed by atoms with Crippen molar-refractivity contribution in [3.8, 4) is 0 Å². The lowest BCUT2D eigenvalue weighted by Gasteiger charge is -2.13. The Morgan fingerprint density at radius 3 is 2.59 bits per heavy atom. The minimum Gasteiger partial charge on any atom is -0.394 e. The third-order valence-electron chi connectivity index (χ3n) is 2.71. The number of nitrogens with zero attached hydrogens (tertiary/aromatic N) is 2.